The van der Waals surface area contributed by atoms with E-state index in [2.05, 4.69) is 15.3 Å². The number of aromatic amines is 1. The normalized spacial score (nSPS) is 10.9. The number of amides is 1. The first-order chi connectivity index (χ1) is 16.6. The topological polar surface area (TPSA) is 104 Å². The van der Waals surface area contributed by atoms with E-state index in [1.807, 2.05) is 60.7 Å². The van der Waals surface area contributed by atoms with Crippen molar-refractivity contribution in [2.75, 3.05) is 11.1 Å². The number of benzene rings is 4. The highest BCUT2D eigenvalue weighted by Crippen LogP contribution is 2.31. The molecule has 34 heavy (non-hydrogen) atoms. The standard InChI is InChI=1S/C26H19N3O4S/c30-24(27-20-10-4-3-9-19(20)25(31)32)15-34-26-28-21-13-12-17(14-22(21)29-26)33-23-11-5-7-16-6-1-2-8-18(16)23/h1-14H,15H2,(H,27,30)(H,28,29)(H,31,32). The largest absolute Gasteiger partial charge is 0.478 e. The molecule has 0 saturated carbocycles. The van der Waals surface area contributed by atoms with Crippen LogP contribution >= 0.6 is 11.8 Å². The van der Waals surface area contributed by atoms with Gasteiger partial charge in [0, 0.05) is 11.5 Å². The second kappa shape index (κ2) is 9.29. The van der Waals surface area contributed by atoms with Crippen LogP contribution in [0.1, 0.15) is 10.4 Å². The average molecular weight is 470 g/mol. The minimum atomic E-state index is -1.10. The Bertz CT molecular complexity index is 1520. The van der Waals surface area contributed by atoms with E-state index in [0.717, 1.165) is 27.6 Å². The monoisotopic (exact) mass is 469 g/mol. The molecule has 0 aliphatic heterocycles. The van der Waals surface area contributed by atoms with E-state index < -0.39 is 5.97 Å². The van der Waals surface area contributed by atoms with E-state index in [4.69, 9.17) is 4.74 Å². The first kappa shape index (κ1) is 21.5. The molecule has 5 aromatic rings. The third-order valence-corrected chi connectivity index (χ3v) is 6.05. The van der Waals surface area contributed by atoms with Crippen molar-refractivity contribution in [3.05, 3.63) is 90.5 Å². The minimum absolute atomic E-state index is 0.0447. The maximum absolute atomic E-state index is 12.4. The second-order valence-electron chi connectivity index (χ2n) is 7.49. The number of rotatable bonds is 7. The average Bonchev–Trinajstić information content (AvgIpc) is 3.25. The summed E-state index contributed by atoms with van der Waals surface area (Å²) in [7, 11) is 0. The third-order valence-electron chi connectivity index (χ3n) is 5.18. The number of carbonyl (C=O) groups excluding carboxylic acids is 1. The van der Waals surface area contributed by atoms with Crippen LogP contribution in [-0.4, -0.2) is 32.7 Å². The molecule has 7 nitrogen and oxygen atoms in total. The van der Waals surface area contributed by atoms with Crippen LogP contribution in [0, 0.1) is 0 Å². The van der Waals surface area contributed by atoms with Crippen LogP contribution < -0.4 is 10.1 Å². The van der Waals surface area contributed by atoms with Crippen LogP contribution in [0.4, 0.5) is 5.69 Å². The van der Waals surface area contributed by atoms with E-state index in [-0.39, 0.29) is 22.9 Å². The highest BCUT2D eigenvalue weighted by Gasteiger charge is 2.13. The number of hydrogen-bond donors (Lipinski definition) is 3. The molecule has 0 spiro atoms. The zero-order valence-electron chi connectivity index (χ0n) is 17.8. The van der Waals surface area contributed by atoms with Crippen molar-refractivity contribution >= 4 is 51.1 Å². The van der Waals surface area contributed by atoms with Gasteiger partial charge in [0.05, 0.1) is 28.0 Å². The highest BCUT2D eigenvalue weighted by molar-refractivity contribution is 7.99. The molecule has 0 atom stereocenters. The minimum Gasteiger partial charge on any atom is -0.478 e. The van der Waals surface area contributed by atoms with Gasteiger partial charge in [0.15, 0.2) is 5.16 Å². The smallest absolute Gasteiger partial charge is 0.337 e. The zero-order valence-corrected chi connectivity index (χ0v) is 18.6. The summed E-state index contributed by atoms with van der Waals surface area (Å²) in [5.74, 6) is 0.103. The summed E-state index contributed by atoms with van der Waals surface area (Å²) >= 11 is 1.23. The molecule has 0 unspecified atom stereocenters. The number of thioether (sulfide) groups is 1. The molecule has 5 rings (SSSR count). The lowest BCUT2D eigenvalue weighted by atomic mass is 10.1. The van der Waals surface area contributed by atoms with Crippen molar-refractivity contribution in [1.82, 2.24) is 9.97 Å². The third kappa shape index (κ3) is 4.57. The van der Waals surface area contributed by atoms with Gasteiger partial charge in [0.25, 0.3) is 0 Å². The molecule has 1 heterocycles. The Labute approximate surface area is 198 Å². The number of nitrogens with one attached hydrogen (secondary N) is 2. The number of carbonyl (C=O) groups is 2. The fraction of sp³-hybridized carbons (Fsp3) is 0.0385. The Hall–Kier alpha value is -4.30. The Morgan fingerprint density at radius 2 is 1.76 bits per heavy atom. The van der Waals surface area contributed by atoms with Gasteiger partial charge in [-0.05, 0) is 35.7 Å². The molecule has 0 bridgehead atoms. The molecule has 1 amide bonds. The fourth-order valence-electron chi connectivity index (χ4n) is 3.61. The van der Waals surface area contributed by atoms with Crippen LogP contribution in [0.2, 0.25) is 0 Å². The van der Waals surface area contributed by atoms with Gasteiger partial charge in [-0.25, -0.2) is 9.78 Å². The molecule has 0 saturated heterocycles. The van der Waals surface area contributed by atoms with Crippen molar-refractivity contribution in [3.8, 4) is 11.5 Å². The molecule has 1 aromatic heterocycles. The molecule has 0 aliphatic carbocycles. The molecule has 8 heteroatoms. The molecule has 0 radical (unpaired) electrons. The lowest BCUT2D eigenvalue weighted by molar-refractivity contribution is -0.113. The molecule has 3 N–H and O–H groups in total. The number of aromatic carboxylic acids is 1. The maximum Gasteiger partial charge on any atom is 0.337 e. The van der Waals surface area contributed by atoms with Gasteiger partial charge in [-0.3, -0.25) is 4.79 Å². The van der Waals surface area contributed by atoms with E-state index in [1.165, 1.54) is 17.8 Å². The Morgan fingerprint density at radius 1 is 0.971 bits per heavy atom. The quantitative estimate of drug-likeness (QED) is 0.255. The first-order valence-corrected chi connectivity index (χ1v) is 11.5. The van der Waals surface area contributed by atoms with Gasteiger partial charge in [-0.15, -0.1) is 0 Å². The predicted molar refractivity (Wildman–Crippen MR) is 133 cm³/mol. The van der Waals surface area contributed by atoms with Crippen molar-refractivity contribution in [2.24, 2.45) is 0 Å². The number of imidazole rings is 1. The summed E-state index contributed by atoms with van der Waals surface area (Å²) < 4.78 is 6.14. The van der Waals surface area contributed by atoms with Gasteiger partial charge < -0.3 is 20.1 Å². The lowest BCUT2D eigenvalue weighted by Gasteiger charge is -2.08. The van der Waals surface area contributed by atoms with Gasteiger partial charge in [0.2, 0.25) is 5.91 Å². The highest BCUT2D eigenvalue weighted by atomic mass is 32.2. The van der Waals surface area contributed by atoms with Gasteiger partial charge in [-0.1, -0.05) is 60.3 Å². The number of H-pyrrole nitrogens is 1. The van der Waals surface area contributed by atoms with Crippen LogP contribution in [0.5, 0.6) is 11.5 Å². The van der Waals surface area contributed by atoms with Gasteiger partial charge in [-0.2, -0.15) is 0 Å². The van der Waals surface area contributed by atoms with Crippen LogP contribution in [0.15, 0.2) is 90.1 Å². The Balaban J connectivity index is 1.28. The Morgan fingerprint density at radius 3 is 2.65 bits per heavy atom. The predicted octanol–water partition coefficient (Wildman–Crippen LogP) is 5.94. The number of ether oxygens (including phenoxy) is 1. The molecule has 168 valence electrons. The summed E-state index contributed by atoms with van der Waals surface area (Å²) in [4.78, 5) is 31.4. The van der Waals surface area contributed by atoms with E-state index in [9.17, 15) is 14.7 Å². The van der Waals surface area contributed by atoms with Gasteiger partial charge in [0.1, 0.15) is 11.5 Å². The molecular formula is C26H19N3O4S. The number of fused-ring (bicyclic) bond motifs is 2. The number of carboxylic acid groups (broad SMARTS) is 1. The number of aromatic nitrogens is 2. The summed E-state index contributed by atoms with van der Waals surface area (Å²) in [6.07, 6.45) is 0. The van der Waals surface area contributed by atoms with Crippen LogP contribution in [0.3, 0.4) is 0 Å². The number of nitrogens with zero attached hydrogens (tertiary/aromatic N) is 1. The number of hydrogen-bond acceptors (Lipinski definition) is 5. The fourth-order valence-corrected chi connectivity index (χ4v) is 4.29. The molecule has 0 aliphatic rings. The van der Waals surface area contributed by atoms with Crippen molar-refractivity contribution in [1.29, 1.82) is 0 Å². The van der Waals surface area contributed by atoms with E-state index >= 15 is 0 Å². The van der Waals surface area contributed by atoms with Crippen molar-refractivity contribution in [2.45, 2.75) is 5.16 Å². The summed E-state index contributed by atoms with van der Waals surface area (Å²) in [6.45, 7) is 0. The van der Waals surface area contributed by atoms with E-state index in [1.54, 1.807) is 18.2 Å². The molecule has 0 fully saturated rings. The van der Waals surface area contributed by atoms with Gasteiger partial charge >= 0.3 is 5.97 Å². The lowest BCUT2D eigenvalue weighted by Crippen LogP contribution is -2.16. The zero-order chi connectivity index (χ0) is 23.5. The molecular weight excluding hydrogens is 450 g/mol. The van der Waals surface area contributed by atoms with Crippen LogP contribution in [-0.2, 0) is 4.79 Å². The van der Waals surface area contributed by atoms with Crippen molar-refractivity contribution in [3.63, 3.8) is 0 Å². The van der Waals surface area contributed by atoms with E-state index in [0.29, 0.717) is 10.9 Å². The Kier molecular flexibility index (Phi) is 5.88. The number of carboxylic acids is 1. The number of anilines is 1. The van der Waals surface area contributed by atoms with Crippen molar-refractivity contribution < 1.29 is 19.4 Å². The first-order valence-electron chi connectivity index (χ1n) is 10.5. The van der Waals surface area contributed by atoms with Crippen LogP contribution in [0.25, 0.3) is 21.8 Å². The summed E-state index contributed by atoms with van der Waals surface area (Å²) in [5, 5.41) is 14.6. The second-order valence-corrected chi connectivity index (χ2v) is 8.45. The SMILES string of the molecule is O=C(CSc1nc2ccc(Oc3cccc4ccccc34)cc2[nH]1)Nc1ccccc1C(=O)O. The summed E-state index contributed by atoms with van der Waals surface area (Å²) in [6, 6.07) is 25.9. The summed E-state index contributed by atoms with van der Waals surface area (Å²) in [5.41, 5.74) is 1.85. The number of para-hydroxylation sites is 1. The molecule has 4 aromatic carbocycles. The maximum atomic E-state index is 12.4.